The molecule has 2 aromatic carbocycles. The van der Waals surface area contributed by atoms with Gasteiger partial charge in [0.2, 0.25) is 23.5 Å². The van der Waals surface area contributed by atoms with E-state index in [0.29, 0.717) is 22.7 Å². The first-order valence-corrected chi connectivity index (χ1v) is 9.10. The van der Waals surface area contributed by atoms with Gasteiger partial charge >= 0.3 is 5.69 Å². The van der Waals surface area contributed by atoms with Gasteiger partial charge in [-0.25, -0.2) is 9.97 Å². The third kappa shape index (κ3) is 5.73. The number of anilines is 6. The fourth-order valence-corrected chi connectivity index (χ4v) is 2.69. The lowest BCUT2D eigenvalue weighted by atomic mass is 10.2. The van der Waals surface area contributed by atoms with Gasteiger partial charge in [0.1, 0.15) is 6.33 Å². The Balaban J connectivity index is 1.83. The van der Waals surface area contributed by atoms with Crippen LogP contribution in [0.25, 0.3) is 0 Å². The summed E-state index contributed by atoms with van der Waals surface area (Å²) in [5.74, 6) is -0.393. The van der Waals surface area contributed by atoms with Gasteiger partial charge in [0.25, 0.3) is 0 Å². The van der Waals surface area contributed by atoms with Gasteiger partial charge in [-0.15, -0.1) is 0 Å². The van der Waals surface area contributed by atoms with Crippen LogP contribution in [0.3, 0.4) is 0 Å². The fraction of sp³-hybridized carbons (Fsp3) is 0.100. The van der Waals surface area contributed by atoms with Gasteiger partial charge in [-0.2, -0.15) is 0 Å². The number of amides is 2. The third-order valence-corrected chi connectivity index (χ3v) is 3.94. The van der Waals surface area contributed by atoms with Crippen LogP contribution >= 0.6 is 0 Å². The van der Waals surface area contributed by atoms with E-state index < -0.39 is 4.92 Å². The SMILES string of the molecule is CC(=O)Nc1ccc(Nc2ncnc(Nc3ccc(NC(C)=O)cc3)c2[N+](=O)[O-])cc1. The molecule has 0 aliphatic rings. The molecule has 0 bridgehead atoms. The Morgan fingerprint density at radius 2 is 1.10 bits per heavy atom. The zero-order valence-electron chi connectivity index (χ0n) is 16.7. The van der Waals surface area contributed by atoms with Crippen molar-refractivity contribution in [3.63, 3.8) is 0 Å². The number of rotatable bonds is 7. The summed E-state index contributed by atoms with van der Waals surface area (Å²) in [6.45, 7) is 2.80. The quantitative estimate of drug-likeness (QED) is 0.332. The van der Waals surface area contributed by atoms with Crippen molar-refractivity contribution in [1.82, 2.24) is 9.97 Å². The van der Waals surface area contributed by atoms with Crippen molar-refractivity contribution in [3.05, 3.63) is 65.0 Å². The second-order valence-electron chi connectivity index (χ2n) is 6.44. The minimum atomic E-state index is -0.581. The van der Waals surface area contributed by atoms with Crippen LogP contribution in [0.5, 0.6) is 0 Å². The number of nitro groups is 1. The zero-order chi connectivity index (χ0) is 22.4. The molecule has 0 aliphatic heterocycles. The lowest BCUT2D eigenvalue weighted by Crippen LogP contribution is -2.07. The summed E-state index contributed by atoms with van der Waals surface area (Å²) in [5, 5.41) is 22.8. The average molecular weight is 421 g/mol. The Labute approximate surface area is 177 Å². The molecule has 0 fully saturated rings. The minimum Gasteiger partial charge on any atom is -0.334 e. The van der Waals surface area contributed by atoms with Crippen LogP contribution in [0.15, 0.2) is 54.9 Å². The fourth-order valence-electron chi connectivity index (χ4n) is 2.69. The molecular formula is C20H19N7O4. The standard InChI is InChI=1S/C20H19N7O4/c1-12(28)23-14-3-7-16(8-4-14)25-19-18(27(30)31)20(22-11-21-19)26-17-9-5-15(6-10-17)24-13(2)29/h3-11H,1-2H3,(H,23,28)(H,24,29)(H2,21,22,25,26). The zero-order valence-corrected chi connectivity index (χ0v) is 16.7. The molecule has 2 amide bonds. The van der Waals surface area contributed by atoms with Crippen molar-refractivity contribution in [1.29, 1.82) is 0 Å². The van der Waals surface area contributed by atoms with Crippen LogP contribution in [0.1, 0.15) is 13.8 Å². The van der Waals surface area contributed by atoms with Gasteiger partial charge in [0.05, 0.1) is 4.92 Å². The molecule has 0 unspecified atom stereocenters. The largest absolute Gasteiger partial charge is 0.353 e. The second-order valence-corrected chi connectivity index (χ2v) is 6.44. The smallest absolute Gasteiger partial charge is 0.334 e. The van der Waals surface area contributed by atoms with E-state index in [4.69, 9.17) is 0 Å². The first-order valence-electron chi connectivity index (χ1n) is 9.10. The van der Waals surface area contributed by atoms with Crippen LogP contribution in [0, 0.1) is 10.1 Å². The van der Waals surface area contributed by atoms with Gasteiger partial charge in [0, 0.05) is 36.6 Å². The van der Waals surface area contributed by atoms with E-state index in [0.717, 1.165) is 0 Å². The molecule has 0 radical (unpaired) electrons. The Morgan fingerprint density at radius 3 is 1.42 bits per heavy atom. The molecule has 11 nitrogen and oxygen atoms in total. The van der Waals surface area contributed by atoms with Crippen LogP contribution in [-0.2, 0) is 9.59 Å². The molecule has 1 heterocycles. The van der Waals surface area contributed by atoms with E-state index in [1.807, 2.05) is 0 Å². The number of carbonyl (C=O) groups is 2. The van der Waals surface area contributed by atoms with Crippen LogP contribution in [0.4, 0.5) is 40.1 Å². The topological polar surface area (TPSA) is 151 Å². The highest BCUT2D eigenvalue weighted by molar-refractivity contribution is 5.89. The molecule has 1 aromatic heterocycles. The number of benzene rings is 2. The molecule has 31 heavy (non-hydrogen) atoms. The number of carbonyl (C=O) groups excluding carboxylic acids is 2. The number of nitrogens with zero attached hydrogens (tertiary/aromatic N) is 3. The van der Waals surface area contributed by atoms with E-state index in [-0.39, 0.29) is 29.1 Å². The van der Waals surface area contributed by atoms with Crippen LogP contribution < -0.4 is 21.3 Å². The summed E-state index contributed by atoms with van der Waals surface area (Å²) < 4.78 is 0. The van der Waals surface area contributed by atoms with E-state index in [1.54, 1.807) is 48.5 Å². The van der Waals surface area contributed by atoms with Crippen molar-refractivity contribution in [2.24, 2.45) is 0 Å². The predicted octanol–water partition coefficient (Wildman–Crippen LogP) is 3.79. The van der Waals surface area contributed by atoms with E-state index in [9.17, 15) is 19.7 Å². The molecule has 4 N–H and O–H groups in total. The Bertz CT molecular complexity index is 1040. The highest BCUT2D eigenvalue weighted by Crippen LogP contribution is 2.33. The summed E-state index contributed by atoms with van der Waals surface area (Å²) in [7, 11) is 0. The molecule has 3 aromatic rings. The molecule has 3 rings (SSSR count). The summed E-state index contributed by atoms with van der Waals surface area (Å²) in [6.07, 6.45) is 1.20. The summed E-state index contributed by atoms with van der Waals surface area (Å²) in [5.41, 5.74) is 1.95. The maximum Gasteiger partial charge on any atom is 0.353 e. The van der Waals surface area contributed by atoms with Crippen LogP contribution in [0.2, 0.25) is 0 Å². The van der Waals surface area contributed by atoms with Crippen molar-refractivity contribution >= 4 is 51.9 Å². The molecule has 0 saturated heterocycles. The lowest BCUT2D eigenvalue weighted by Gasteiger charge is -2.11. The number of aromatic nitrogens is 2. The summed E-state index contributed by atoms with van der Waals surface area (Å²) in [4.78, 5) is 41.4. The van der Waals surface area contributed by atoms with Gasteiger partial charge < -0.3 is 21.3 Å². The Hall–Kier alpha value is -4.54. The Kier molecular flexibility index (Phi) is 6.36. The van der Waals surface area contributed by atoms with E-state index >= 15 is 0 Å². The average Bonchev–Trinajstić information content (AvgIpc) is 2.70. The molecule has 0 atom stereocenters. The van der Waals surface area contributed by atoms with Crippen LogP contribution in [-0.4, -0.2) is 26.7 Å². The molecule has 0 saturated carbocycles. The second kappa shape index (κ2) is 9.31. The normalized spacial score (nSPS) is 10.1. The lowest BCUT2D eigenvalue weighted by molar-refractivity contribution is -0.383. The number of hydrogen-bond acceptors (Lipinski definition) is 8. The Morgan fingerprint density at radius 1 is 0.742 bits per heavy atom. The van der Waals surface area contributed by atoms with Crippen molar-refractivity contribution in [2.45, 2.75) is 13.8 Å². The molecular weight excluding hydrogens is 402 g/mol. The van der Waals surface area contributed by atoms with Crippen molar-refractivity contribution < 1.29 is 14.5 Å². The molecule has 0 spiro atoms. The number of nitrogens with one attached hydrogen (secondary N) is 4. The van der Waals surface area contributed by atoms with Gasteiger partial charge in [-0.1, -0.05) is 0 Å². The van der Waals surface area contributed by atoms with E-state index in [1.165, 1.54) is 20.2 Å². The first kappa shape index (κ1) is 21.2. The van der Waals surface area contributed by atoms with Gasteiger partial charge in [-0.3, -0.25) is 19.7 Å². The highest BCUT2D eigenvalue weighted by Gasteiger charge is 2.23. The maximum atomic E-state index is 11.7. The summed E-state index contributed by atoms with van der Waals surface area (Å²) in [6, 6.07) is 13.3. The monoisotopic (exact) mass is 421 g/mol. The summed E-state index contributed by atoms with van der Waals surface area (Å²) >= 11 is 0. The predicted molar refractivity (Wildman–Crippen MR) is 117 cm³/mol. The van der Waals surface area contributed by atoms with E-state index in [2.05, 4.69) is 31.2 Å². The van der Waals surface area contributed by atoms with Gasteiger partial charge in [-0.05, 0) is 48.5 Å². The first-order chi connectivity index (χ1) is 14.8. The minimum absolute atomic E-state index is 0.00430. The van der Waals surface area contributed by atoms with Gasteiger partial charge in [0.15, 0.2) is 0 Å². The number of hydrogen-bond donors (Lipinski definition) is 4. The highest BCUT2D eigenvalue weighted by atomic mass is 16.6. The van der Waals surface area contributed by atoms with Crippen molar-refractivity contribution in [3.8, 4) is 0 Å². The molecule has 11 heteroatoms. The maximum absolute atomic E-state index is 11.7. The van der Waals surface area contributed by atoms with Crippen molar-refractivity contribution in [2.75, 3.05) is 21.3 Å². The third-order valence-electron chi connectivity index (χ3n) is 3.94. The molecule has 158 valence electrons. The molecule has 0 aliphatic carbocycles.